The predicted molar refractivity (Wildman–Crippen MR) is 148 cm³/mol. The van der Waals surface area contributed by atoms with Gasteiger partial charge < -0.3 is 20.9 Å². The van der Waals surface area contributed by atoms with E-state index < -0.39 is 5.82 Å². The molecule has 1 aromatic rings. The molecule has 0 spiro atoms. The first-order valence-electron chi connectivity index (χ1n) is 12.6. The normalized spacial score (nSPS) is 15.3. The summed E-state index contributed by atoms with van der Waals surface area (Å²) in [6.45, 7) is 13.8. The number of nitrogens with one attached hydrogen (secondary N) is 3. The first-order chi connectivity index (χ1) is 17.8. The van der Waals surface area contributed by atoms with Crippen molar-refractivity contribution in [1.29, 1.82) is 0 Å². The van der Waals surface area contributed by atoms with Gasteiger partial charge in [0, 0.05) is 55.1 Å². The molecule has 3 N–H and O–H groups in total. The molecule has 0 aliphatic carbocycles. The summed E-state index contributed by atoms with van der Waals surface area (Å²) in [4.78, 5) is 38.9. The van der Waals surface area contributed by atoms with Gasteiger partial charge in [0.05, 0.1) is 5.57 Å². The number of hydrogen-bond donors (Lipinski definition) is 3. The number of benzene rings is 1. The van der Waals surface area contributed by atoms with Gasteiger partial charge in [-0.1, -0.05) is 26.5 Å². The molecular formula is C29H39FN4O3. The van der Waals surface area contributed by atoms with Crippen LogP contribution in [-0.2, 0) is 14.4 Å². The van der Waals surface area contributed by atoms with Crippen LogP contribution in [0.15, 0.2) is 47.7 Å². The van der Waals surface area contributed by atoms with Gasteiger partial charge >= 0.3 is 0 Å². The summed E-state index contributed by atoms with van der Waals surface area (Å²) in [6.07, 6.45) is 12.8. The maximum Gasteiger partial charge on any atom is 0.256 e. The van der Waals surface area contributed by atoms with Crippen molar-refractivity contribution >= 4 is 29.0 Å². The van der Waals surface area contributed by atoms with Crippen LogP contribution in [0.5, 0.6) is 0 Å². The summed E-state index contributed by atoms with van der Waals surface area (Å²) >= 11 is 0. The number of terminal acetylenes is 1. The van der Waals surface area contributed by atoms with E-state index in [9.17, 15) is 18.8 Å². The summed E-state index contributed by atoms with van der Waals surface area (Å²) in [5.74, 6) is -0.829. The van der Waals surface area contributed by atoms with Crippen LogP contribution in [0.1, 0.15) is 58.9 Å². The number of anilines is 1. The second-order valence-corrected chi connectivity index (χ2v) is 8.37. The minimum absolute atomic E-state index is 0.140. The first-order valence-corrected chi connectivity index (χ1v) is 12.6. The quantitative estimate of drug-likeness (QED) is 0.199. The van der Waals surface area contributed by atoms with Gasteiger partial charge in [-0.25, -0.2) is 4.39 Å². The van der Waals surface area contributed by atoms with Crippen molar-refractivity contribution in [3.8, 4) is 12.8 Å². The molecule has 1 aromatic carbocycles. The maximum absolute atomic E-state index is 13.6. The van der Waals surface area contributed by atoms with Crippen molar-refractivity contribution in [3.63, 3.8) is 0 Å². The smallest absolute Gasteiger partial charge is 0.256 e. The SMILES string of the molecule is C#C.C=C(C)/C(C(=O)NCCCC(=O)N1CCCC1)=C(/C)NC/C=C1\C(=O)Nc2ccc(F)cc21.CC. The topological polar surface area (TPSA) is 90.5 Å². The second-order valence-electron chi connectivity index (χ2n) is 8.37. The lowest BCUT2D eigenvalue weighted by Gasteiger charge is -2.16. The molecule has 1 fully saturated rings. The standard InChI is InChI=1S/C25H31FN4O3.C2H6.C2H2/c1-16(2)23(25(33)28-11-6-7-22(31)30-13-4-5-14-30)17(3)27-12-10-19-20-15-18(26)8-9-21(20)29-24(19)32;2*1-2/h8-10,15,27H,1,4-7,11-14H2,2-3H3,(H,28,33)(H,29,32);1-2H3;1-2H/b19-10-,23-17+;;. The molecule has 8 heteroatoms. The fourth-order valence-corrected chi connectivity index (χ4v) is 4.10. The number of halogens is 1. The van der Waals surface area contributed by atoms with E-state index in [4.69, 9.17) is 0 Å². The van der Waals surface area contributed by atoms with Crippen LogP contribution < -0.4 is 16.0 Å². The van der Waals surface area contributed by atoms with Gasteiger partial charge in [0.2, 0.25) is 5.91 Å². The van der Waals surface area contributed by atoms with Gasteiger partial charge in [-0.05, 0) is 56.9 Å². The number of carbonyl (C=O) groups is 3. The van der Waals surface area contributed by atoms with Crippen LogP contribution in [0, 0.1) is 18.7 Å². The number of fused-ring (bicyclic) bond motifs is 1. The molecule has 3 rings (SSSR count). The summed E-state index contributed by atoms with van der Waals surface area (Å²) in [5.41, 5.74) is 3.12. The van der Waals surface area contributed by atoms with Gasteiger partial charge in [-0.3, -0.25) is 14.4 Å². The molecule has 2 heterocycles. The maximum atomic E-state index is 13.6. The number of carbonyl (C=O) groups excluding carboxylic acids is 3. The van der Waals surface area contributed by atoms with Crippen LogP contribution in [0.25, 0.3) is 5.57 Å². The van der Waals surface area contributed by atoms with E-state index in [1.165, 1.54) is 18.2 Å². The molecule has 0 atom stereocenters. The Kier molecular flexibility index (Phi) is 13.5. The van der Waals surface area contributed by atoms with Crippen molar-refractivity contribution in [2.75, 3.05) is 31.5 Å². The lowest BCUT2D eigenvalue weighted by Crippen LogP contribution is -2.31. The molecule has 1 saturated heterocycles. The van der Waals surface area contributed by atoms with E-state index >= 15 is 0 Å². The van der Waals surface area contributed by atoms with Crippen molar-refractivity contribution < 1.29 is 18.8 Å². The fourth-order valence-electron chi connectivity index (χ4n) is 4.10. The Morgan fingerprint density at radius 1 is 1.16 bits per heavy atom. The minimum Gasteiger partial charge on any atom is -0.384 e. The highest BCUT2D eigenvalue weighted by molar-refractivity contribution is 6.31. The summed E-state index contributed by atoms with van der Waals surface area (Å²) in [6, 6.07) is 4.15. The summed E-state index contributed by atoms with van der Waals surface area (Å²) < 4.78 is 13.6. The Bertz CT molecular complexity index is 1070. The van der Waals surface area contributed by atoms with Crippen LogP contribution >= 0.6 is 0 Å². The average molecular weight is 511 g/mol. The second kappa shape index (κ2) is 16.0. The number of hydrogen-bond acceptors (Lipinski definition) is 4. The van der Waals surface area contributed by atoms with Crippen LogP contribution in [0.2, 0.25) is 0 Å². The van der Waals surface area contributed by atoms with Gasteiger partial charge in [-0.2, -0.15) is 0 Å². The Morgan fingerprint density at radius 3 is 2.43 bits per heavy atom. The van der Waals surface area contributed by atoms with Crippen LogP contribution in [0.3, 0.4) is 0 Å². The zero-order chi connectivity index (χ0) is 28.0. The molecule has 200 valence electrons. The zero-order valence-electron chi connectivity index (χ0n) is 22.4. The monoisotopic (exact) mass is 510 g/mol. The third-order valence-corrected chi connectivity index (χ3v) is 5.78. The molecule has 0 saturated carbocycles. The number of amides is 3. The van der Waals surface area contributed by atoms with Crippen molar-refractivity contribution in [3.05, 3.63) is 59.1 Å². The third-order valence-electron chi connectivity index (χ3n) is 5.78. The van der Waals surface area contributed by atoms with E-state index in [1.807, 2.05) is 18.7 Å². The largest absolute Gasteiger partial charge is 0.384 e. The van der Waals surface area contributed by atoms with Gasteiger partial charge in [-0.15, -0.1) is 12.8 Å². The Labute approximate surface area is 220 Å². The van der Waals surface area contributed by atoms with Crippen molar-refractivity contribution in [2.24, 2.45) is 0 Å². The lowest BCUT2D eigenvalue weighted by molar-refractivity contribution is -0.130. The van der Waals surface area contributed by atoms with Gasteiger partial charge in [0.15, 0.2) is 0 Å². The van der Waals surface area contributed by atoms with Crippen LogP contribution in [0.4, 0.5) is 10.1 Å². The summed E-state index contributed by atoms with van der Waals surface area (Å²) in [7, 11) is 0. The highest BCUT2D eigenvalue weighted by atomic mass is 19.1. The lowest BCUT2D eigenvalue weighted by atomic mass is 10.1. The molecular weight excluding hydrogens is 471 g/mol. The Morgan fingerprint density at radius 2 is 1.81 bits per heavy atom. The van der Waals surface area contributed by atoms with Crippen molar-refractivity contribution in [2.45, 2.75) is 53.4 Å². The molecule has 0 radical (unpaired) electrons. The van der Waals surface area contributed by atoms with E-state index in [0.29, 0.717) is 53.1 Å². The van der Waals surface area contributed by atoms with E-state index in [-0.39, 0.29) is 24.3 Å². The fraction of sp³-hybridized carbons (Fsp3) is 0.414. The number of nitrogens with zero attached hydrogens (tertiary/aromatic N) is 1. The minimum atomic E-state index is -0.413. The Balaban J connectivity index is 0.00000163. The average Bonchev–Trinajstić information content (AvgIpc) is 3.53. The van der Waals surface area contributed by atoms with Crippen molar-refractivity contribution in [1.82, 2.24) is 15.5 Å². The number of likely N-dealkylation sites (tertiary alicyclic amines) is 1. The molecule has 3 amide bonds. The molecule has 37 heavy (non-hydrogen) atoms. The predicted octanol–water partition coefficient (Wildman–Crippen LogP) is 4.40. The van der Waals surface area contributed by atoms with E-state index in [2.05, 4.69) is 35.4 Å². The van der Waals surface area contributed by atoms with Crippen LogP contribution in [-0.4, -0.2) is 48.8 Å². The first kappa shape index (κ1) is 31.2. The highest BCUT2D eigenvalue weighted by Gasteiger charge is 2.24. The summed E-state index contributed by atoms with van der Waals surface area (Å²) in [5, 5.41) is 8.70. The van der Waals surface area contributed by atoms with Gasteiger partial charge in [0.25, 0.3) is 11.8 Å². The molecule has 7 nitrogen and oxygen atoms in total. The Hall–Kier alpha value is -3.86. The molecule has 2 aliphatic heterocycles. The molecule has 0 unspecified atom stereocenters. The number of rotatable bonds is 9. The zero-order valence-corrected chi connectivity index (χ0v) is 22.4. The molecule has 0 bridgehead atoms. The highest BCUT2D eigenvalue weighted by Crippen LogP contribution is 2.31. The molecule has 0 aromatic heterocycles. The van der Waals surface area contributed by atoms with E-state index in [1.54, 1.807) is 19.9 Å². The number of allylic oxidation sites excluding steroid dienone is 1. The van der Waals surface area contributed by atoms with E-state index in [0.717, 1.165) is 25.9 Å². The van der Waals surface area contributed by atoms with Gasteiger partial charge in [0.1, 0.15) is 5.82 Å². The third kappa shape index (κ3) is 8.94. The molecule has 2 aliphatic rings.